The van der Waals surface area contributed by atoms with Gasteiger partial charge in [0.25, 0.3) is 0 Å². The van der Waals surface area contributed by atoms with E-state index in [4.69, 9.17) is 4.74 Å². The Kier molecular flexibility index (Phi) is 7.23. The number of carbonyl (C=O) groups is 3. The monoisotopic (exact) mass is 336 g/mol. The van der Waals surface area contributed by atoms with Gasteiger partial charge in [-0.1, -0.05) is 30.3 Å². The molecule has 0 aliphatic heterocycles. The predicted octanol–water partition coefficient (Wildman–Crippen LogP) is 1.71. The van der Waals surface area contributed by atoms with Crippen LogP contribution < -0.4 is 5.32 Å². The lowest BCUT2D eigenvalue weighted by Gasteiger charge is -2.23. The molecule has 0 spiro atoms. The predicted molar refractivity (Wildman–Crippen MR) is 88.1 cm³/mol. The van der Waals surface area contributed by atoms with Crippen LogP contribution in [0.15, 0.2) is 30.3 Å². The van der Waals surface area contributed by atoms with Gasteiger partial charge < -0.3 is 19.7 Å². The summed E-state index contributed by atoms with van der Waals surface area (Å²) < 4.78 is 9.60. The fourth-order valence-electron chi connectivity index (χ4n) is 1.88. The molecule has 0 aromatic heterocycles. The van der Waals surface area contributed by atoms with E-state index in [1.165, 1.54) is 4.90 Å². The van der Waals surface area contributed by atoms with Gasteiger partial charge in [-0.05, 0) is 26.3 Å². The summed E-state index contributed by atoms with van der Waals surface area (Å²) in [5.74, 6) is -1.70. The Morgan fingerprint density at radius 3 is 2.29 bits per heavy atom. The van der Waals surface area contributed by atoms with Crippen molar-refractivity contribution in [3.8, 4) is 0 Å². The molecule has 7 nitrogen and oxygen atoms in total. The van der Waals surface area contributed by atoms with Crippen LogP contribution in [0.3, 0.4) is 0 Å². The third-order valence-corrected chi connectivity index (χ3v) is 2.91. The maximum absolute atomic E-state index is 12.1. The average molecular weight is 336 g/mol. The summed E-state index contributed by atoms with van der Waals surface area (Å²) in [7, 11) is 1.15. The van der Waals surface area contributed by atoms with Crippen molar-refractivity contribution >= 4 is 18.0 Å². The van der Waals surface area contributed by atoms with Crippen LogP contribution in [0.1, 0.15) is 26.3 Å². The molecule has 7 heteroatoms. The van der Waals surface area contributed by atoms with Crippen molar-refractivity contribution < 1.29 is 23.9 Å². The molecule has 0 unspecified atom stereocenters. The molecule has 0 atom stereocenters. The van der Waals surface area contributed by atoms with Crippen LogP contribution in [0.5, 0.6) is 0 Å². The van der Waals surface area contributed by atoms with Crippen molar-refractivity contribution in [1.29, 1.82) is 0 Å². The summed E-state index contributed by atoms with van der Waals surface area (Å²) in [5.41, 5.74) is 0.266. The summed E-state index contributed by atoms with van der Waals surface area (Å²) in [6.07, 6.45) is -0.576. The number of hydrogen-bond donors (Lipinski definition) is 1. The summed E-state index contributed by atoms with van der Waals surface area (Å²) in [6, 6.07) is 9.24. The Morgan fingerprint density at radius 1 is 1.12 bits per heavy atom. The second-order valence-electron chi connectivity index (χ2n) is 6.13. The van der Waals surface area contributed by atoms with E-state index in [0.29, 0.717) is 0 Å². The topological polar surface area (TPSA) is 84.9 Å². The first-order valence-corrected chi connectivity index (χ1v) is 7.61. The van der Waals surface area contributed by atoms with E-state index in [-0.39, 0.29) is 19.6 Å². The first-order chi connectivity index (χ1) is 11.2. The molecular formula is C17H24N2O5. The zero-order valence-corrected chi connectivity index (χ0v) is 14.5. The zero-order valence-electron chi connectivity index (χ0n) is 14.5. The SMILES string of the molecule is COC(=O)C(=O)N(CCNC(=O)OC(C)(C)C)Cc1ccccc1. The number of benzene rings is 1. The van der Waals surface area contributed by atoms with Crippen LogP contribution in [0, 0.1) is 0 Å². The number of ether oxygens (including phenoxy) is 2. The molecule has 0 heterocycles. The first-order valence-electron chi connectivity index (χ1n) is 7.61. The first kappa shape index (κ1) is 19.5. The molecule has 2 amide bonds. The fraction of sp³-hybridized carbons (Fsp3) is 0.471. The molecule has 1 aromatic rings. The lowest BCUT2D eigenvalue weighted by atomic mass is 10.2. The van der Waals surface area contributed by atoms with E-state index in [1.807, 2.05) is 30.3 Å². The van der Waals surface area contributed by atoms with Crippen LogP contribution in [0.4, 0.5) is 4.79 Å². The number of hydrogen-bond acceptors (Lipinski definition) is 5. The number of nitrogens with one attached hydrogen (secondary N) is 1. The van der Waals surface area contributed by atoms with E-state index in [0.717, 1.165) is 12.7 Å². The molecule has 1 N–H and O–H groups in total. The normalized spacial score (nSPS) is 10.7. The van der Waals surface area contributed by atoms with Gasteiger partial charge in [0.15, 0.2) is 0 Å². The molecule has 0 radical (unpaired) electrons. The number of alkyl carbamates (subject to hydrolysis) is 1. The van der Waals surface area contributed by atoms with Gasteiger partial charge in [-0.15, -0.1) is 0 Å². The largest absolute Gasteiger partial charge is 0.462 e. The van der Waals surface area contributed by atoms with Gasteiger partial charge in [-0.3, -0.25) is 4.79 Å². The Bertz CT molecular complexity index is 566. The number of rotatable bonds is 5. The van der Waals surface area contributed by atoms with Crippen molar-refractivity contribution in [2.75, 3.05) is 20.2 Å². The summed E-state index contributed by atoms with van der Waals surface area (Å²) in [6.45, 7) is 5.83. The molecule has 1 aromatic carbocycles. The Morgan fingerprint density at radius 2 is 1.75 bits per heavy atom. The number of carbonyl (C=O) groups excluding carboxylic acids is 3. The van der Waals surface area contributed by atoms with Crippen LogP contribution in [-0.2, 0) is 25.6 Å². The number of amides is 2. The zero-order chi connectivity index (χ0) is 18.2. The van der Waals surface area contributed by atoms with Gasteiger partial charge >= 0.3 is 18.0 Å². The molecule has 0 bridgehead atoms. The van der Waals surface area contributed by atoms with E-state index in [1.54, 1.807) is 20.8 Å². The Balaban J connectivity index is 2.64. The molecule has 24 heavy (non-hydrogen) atoms. The molecule has 0 saturated heterocycles. The maximum atomic E-state index is 12.1. The Hall–Kier alpha value is -2.57. The lowest BCUT2D eigenvalue weighted by Crippen LogP contribution is -2.42. The van der Waals surface area contributed by atoms with Gasteiger partial charge in [0.1, 0.15) is 5.60 Å². The average Bonchev–Trinajstić information content (AvgIpc) is 2.51. The number of methoxy groups -OCH3 is 1. The van der Waals surface area contributed by atoms with Crippen LogP contribution in [-0.4, -0.2) is 48.7 Å². The van der Waals surface area contributed by atoms with Gasteiger partial charge in [0.2, 0.25) is 0 Å². The van der Waals surface area contributed by atoms with Crippen molar-refractivity contribution in [1.82, 2.24) is 10.2 Å². The van der Waals surface area contributed by atoms with Gasteiger partial charge in [-0.25, -0.2) is 9.59 Å². The van der Waals surface area contributed by atoms with Gasteiger partial charge in [-0.2, -0.15) is 0 Å². The molecule has 0 fully saturated rings. The molecule has 132 valence electrons. The van der Waals surface area contributed by atoms with Crippen molar-refractivity contribution in [3.05, 3.63) is 35.9 Å². The quantitative estimate of drug-likeness (QED) is 0.653. The number of esters is 1. The minimum Gasteiger partial charge on any atom is -0.462 e. The Labute approximate surface area is 141 Å². The molecule has 0 aliphatic carbocycles. The maximum Gasteiger partial charge on any atom is 0.407 e. The highest BCUT2D eigenvalue weighted by molar-refractivity contribution is 6.32. The highest BCUT2D eigenvalue weighted by Gasteiger charge is 2.23. The smallest absolute Gasteiger partial charge is 0.407 e. The third-order valence-electron chi connectivity index (χ3n) is 2.91. The minimum atomic E-state index is -0.941. The molecule has 0 saturated carbocycles. The van der Waals surface area contributed by atoms with Gasteiger partial charge in [0, 0.05) is 19.6 Å². The highest BCUT2D eigenvalue weighted by atomic mass is 16.6. The second kappa shape index (κ2) is 8.90. The minimum absolute atomic E-state index is 0.155. The van der Waals surface area contributed by atoms with E-state index in [9.17, 15) is 14.4 Å². The molecule has 0 aliphatic rings. The highest BCUT2D eigenvalue weighted by Crippen LogP contribution is 2.07. The molecular weight excluding hydrogens is 312 g/mol. The fourth-order valence-corrected chi connectivity index (χ4v) is 1.88. The van der Waals surface area contributed by atoms with E-state index < -0.39 is 23.6 Å². The molecule has 1 rings (SSSR count). The van der Waals surface area contributed by atoms with Crippen molar-refractivity contribution in [2.45, 2.75) is 32.9 Å². The van der Waals surface area contributed by atoms with E-state index in [2.05, 4.69) is 10.1 Å². The van der Waals surface area contributed by atoms with Crippen LogP contribution >= 0.6 is 0 Å². The van der Waals surface area contributed by atoms with Crippen molar-refractivity contribution in [2.24, 2.45) is 0 Å². The number of nitrogens with zero attached hydrogens (tertiary/aromatic N) is 1. The van der Waals surface area contributed by atoms with Crippen LogP contribution in [0.25, 0.3) is 0 Å². The third kappa shape index (κ3) is 7.13. The van der Waals surface area contributed by atoms with Crippen molar-refractivity contribution in [3.63, 3.8) is 0 Å². The summed E-state index contributed by atoms with van der Waals surface area (Å²) >= 11 is 0. The summed E-state index contributed by atoms with van der Waals surface area (Å²) in [5, 5.41) is 2.56. The summed E-state index contributed by atoms with van der Waals surface area (Å²) in [4.78, 5) is 36.5. The standard InChI is InChI=1S/C17H24N2O5/c1-17(2,3)24-16(22)18-10-11-19(14(20)15(21)23-4)12-13-8-6-5-7-9-13/h5-9H,10-12H2,1-4H3,(H,18,22). The second-order valence-corrected chi connectivity index (χ2v) is 6.13. The van der Waals surface area contributed by atoms with E-state index >= 15 is 0 Å². The van der Waals surface area contributed by atoms with Crippen LogP contribution in [0.2, 0.25) is 0 Å². The van der Waals surface area contributed by atoms with Gasteiger partial charge in [0.05, 0.1) is 7.11 Å². The lowest BCUT2D eigenvalue weighted by molar-refractivity contribution is -0.158.